The van der Waals surface area contributed by atoms with E-state index in [4.69, 9.17) is 16.3 Å². The minimum absolute atomic E-state index is 0.306. The first kappa shape index (κ1) is 16.7. The number of rotatable bonds is 8. The number of hydrogen-bond donors (Lipinski definition) is 0. The van der Waals surface area contributed by atoms with Crippen molar-refractivity contribution in [2.75, 3.05) is 26.2 Å². The highest BCUT2D eigenvalue weighted by atomic mass is 35.5. The van der Waals surface area contributed by atoms with Crippen LogP contribution in [0.2, 0.25) is 5.02 Å². The summed E-state index contributed by atoms with van der Waals surface area (Å²) in [5, 5.41) is 0.682. The highest BCUT2D eigenvalue weighted by molar-refractivity contribution is 6.30. The summed E-state index contributed by atoms with van der Waals surface area (Å²) < 4.78 is 5.15. The number of carbonyl (C=O) groups is 1. The third kappa shape index (κ3) is 6.73. The molecular formula is C16H22ClNO2. The first-order chi connectivity index (χ1) is 9.65. The van der Waals surface area contributed by atoms with Crippen molar-refractivity contribution in [3.05, 3.63) is 40.9 Å². The molecule has 0 bridgehead atoms. The molecule has 0 fully saturated rings. The molecule has 20 heavy (non-hydrogen) atoms. The fourth-order valence-electron chi connectivity index (χ4n) is 1.79. The van der Waals surface area contributed by atoms with E-state index < -0.39 is 0 Å². The molecule has 0 saturated heterocycles. The van der Waals surface area contributed by atoms with Crippen LogP contribution in [0, 0.1) is 0 Å². The summed E-state index contributed by atoms with van der Waals surface area (Å²) in [6.45, 7) is 7.73. The smallest absolute Gasteiger partial charge is 0.330 e. The SMILES string of the molecule is CCN(CC)CCCOC(=O)/C=C\c1ccc(Cl)cc1. The molecule has 3 nitrogen and oxygen atoms in total. The van der Waals surface area contributed by atoms with Gasteiger partial charge in [-0.05, 0) is 43.3 Å². The molecule has 0 heterocycles. The van der Waals surface area contributed by atoms with Crippen LogP contribution in [-0.2, 0) is 9.53 Å². The minimum Gasteiger partial charge on any atom is -0.462 e. The number of carbonyl (C=O) groups excluding carboxylic acids is 1. The summed E-state index contributed by atoms with van der Waals surface area (Å²) in [5.41, 5.74) is 0.925. The fourth-order valence-corrected chi connectivity index (χ4v) is 1.91. The van der Waals surface area contributed by atoms with Gasteiger partial charge in [-0.25, -0.2) is 4.79 Å². The molecule has 0 radical (unpaired) electrons. The van der Waals surface area contributed by atoms with Gasteiger partial charge in [0.15, 0.2) is 0 Å². The van der Waals surface area contributed by atoms with Crippen LogP contribution >= 0.6 is 11.6 Å². The third-order valence-electron chi connectivity index (χ3n) is 3.04. The lowest BCUT2D eigenvalue weighted by Gasteiger charge is -2.17. The molecule has 0 aliphatic carbocycles. The zero-order valence-corrected chi connectivity index (χ0v) is 12.9. The van der Waals surface area contributed by atoms with E-state index in [1.165, 1.54) is 6.08 Å². The van der Waals surface area contributed by atoms with E-state index in [0.29, 0.717) is 11.6 Å². The number of halogens is 1. The Hall–Kier alpha value is -1.32. The zero-order valence-electron chi connectivity index (χ0n) is 12.1. The maximum atomic E-state index is 11.5. The second-order valence-corrected chi connectivity index (χ2v) is 4.87. The maximum absolute atomic E-state index is 11.5. The van der Waals surface area contributed by atoms with E-state index in [0.717, 1.165) is 31.6 Å². The Morgan fingerprint density at radius 3 is 2.50 bits per heavy atom. The van der Waals surface area contributed by atoms with Crippen molar-refractivity contribution in [2.24, 2.45) is 0 Å². The van der Waals surface area contributed by atoms with Crippen molar-refractivity contribution < 1.29 is 9.53 Å². The number of esters is 1. The van der Waals surface area contributed by atoms with Gasteiger partial charge < -0.3 is 9.64 Å². The average Bonchev–Trinajstić information content (AvgIpc) is 2.47. The molecular weight excluding hydrogens is 274 g/mol. The molecule has 4 heteroatoms. The van der Waals surface area contributed by atoms with Gasteiger partial charge in [-0.2, -0.15) is 0 Å². The van der Waals surface area contributed by atoms with Crippen LogP contribution < -0.4 is 0 Å². The van der Waals surface area contributed by atoms with Gasteiger partial charge in [0.25, 0.3) is 0 Å². The van der Waals surface area contributed by atoms with E-state index in [9.17, 15) is 4.79 Å². The van der Waals surface area contributed by atoms with Crippen molar-refractivity contribution >= 4 is 23.6 Å². The summed E-state index contributed by atoms with van der Waals surface area (Å²) in [5.74, 6) is -0.306. The molecule has 0 aromatic heterocycles. The molecule has 0 spiro atoms. The molecule has 1 aromatic carbocycles. The standard InChI is InChI=1S/C16H22ClNO2/c1-3-18(4-2)12-5-13-20-16(19)11-8-14-6-9-15(17)10-7-14/h6-11H,3-5,12-13H2,1-2H3/b11-8-. The van der Waals surface area contributed by atoms with E-state index in [1.54, 1.807) is 18.2 Å². The van der Waals surface area contributed by atoms with Crippen molar-refractivity contribution in [3.63, 3.8) is 0 Å². The number of ether oxygens (including phenoxy) is 1. The van der Waals surface area contributed by atoms with E-state index >= 15 is 0 Å². The molecule has 0 atom stereocenters. The van der Waals surface area contributed by atoms with Crippen LogP contribution in [0.5, 0.6) is 0 Å². The Bertz CT molecular complexity index is 425. The van der Waals surface area contributed by atoms with Gasteiger partial charge in [-0.1, -0.05) is 37.6 Å². The predicted octanol–water partition coefficient (Wildman–Crippen LogP) is 3.63. The number of benzene rings is 1. The van der Waals surface area contributed by atoms with Gasteiger partial charge in [0.05, 0.1) is 6.61 Å². The molecule has 0 saturated carbocycles. The summed E-state index contributed by atoms with van der Waals surface area (Å²) in [6, 6.07) is 7.28. The van der Waals surface area contributed by atoms with E-state index in [2.05, 4.69) is 18.7 Å². The fraction of sp³-hybridized carbons (Fsp3) is 0.438. The van der Waals surface area contributed by atoms with E-state index in [1.807, 2.05) is 12.1 Å². The van der Waals surface area contributed by atoms with Gasteiger partial charge in [-0.3, -0.25) is 0 Å². The van der Waals surface area contributed by atoms with Crippen LogP contribution in [0.25, 0.3) is 6.08 Å². The van der Waals surface area contributed by atoms with Crippen LogP contribution in [0.4, 0.5) is 0 Å². The monoisotopic (exact) mass is 295 g/mol. The molecule has 0 amide bonds. The van der Waals surface area contributed by atoms with Crippen molar-refractivity contribution in [2.45, 2.75) is 20.3 Å². The molecule has 110 valence electrons. The van der Waals surface area contributed by atoms with Gasteiger partial charge in [0, 0.05) is 17.6 Å². The van der Waals surface area contributed by atoms with Crippen LogP contribution in [0.3, 0.4) is 0 Å². The van der Waals surface area contributed by atoms with Gasteiger partial charge in [0.2, 0.25) is 0 Å². The Balaban J connectivity index is 2.24. The molecule has 1 rings (SSSR count). The van der Waals surface area contributed by atoms with E-state index in [-0.39, 0.29) is 5.97 Å². The second kappa shape index (κ2) is 9.56. The highest BCUT2D eigenvalue weighted by Gasteiger charge is 2.00. The molecule has 0 N–H and O–H groups in total. The third-order valence-corrected chi connectivity index (χ3v) is 3.29. The average molecular weight is 296 g/mol. The summed E-state index contributed by atoms with van der Waals surface area (Å²) >= 11 is 5.79. The first-order valence-corrected chi connectivity index (χ1v) is 7.36. The highest BCUT2D eigenvalue weighted by Crippen LogP contribution is 2.10. The lowest BCUT2D eigenvalue weighted by atomic mass is 10.2. The first-order valence-electron chi connectivity index (χ1n) is 6.98. The zero-order chi connectivity index (χ0) is 14.8. The Labute approximate surface area is 126 Å². The van der Waals surface area contributed by atoms with Crippen LogP contribution in [0.1, 0.15) is 25.8 Å². The Kier molecular flexibility index (Phi) is 8.00. The van der Waals surface area contributed by atoms with Crippen LogP contribution in [-0.4, -0.2) is 37.1 Å². The molecule has 0 aliphatic rings. The van der Waals surface area contributed by atoms with Crippen LogP contribution in [0.15, 0.2) is 30.3 Å². The van der Waals surface area contributed by atoms with Gasteiger partial charge in [-0.15, -0.1) is 0 Å². The summed E-state index contributed by atoms with van der Waals surface area (Å²) in [6.07, 6.45) is 4.03. The number of hydrogen-bond acceptors (Lipinski definition) is 3. The van der Waals surface area contributed by atoms with Crippen molar-refractivity contribution in [1.29, 1.82) is 0 Å². The number of nitrogens with zero attached hydrogens (tertiary/aromatic N) is 1. The topological polar surface area (TPSA) is 29.5 Å². The van der Waals surface area contributed by atoms with Gasteiger partial charge in [0.1, 0.15) is 0 Å². The Morgan fingerprint density at radius 1 is 1.25 bits per heavy atom. The maximum Gasteiger partial charge on any atom is 0.330 e. The van der Waals surface area contributed by atoms with Crippen molar-refractivity contribution in [1.82, 2.24) is 4.90 Å². The largest absolute Gasteiger partial charge is 0.462 e. The second-order valence-electron chi connectivity index (χ2n) is 4.43. The Morgan fingerprint density at radius 2 is 1.90 bits per heavy atom. The van der Waals surface area contributed by atoms with Crippen molar-refractivity contribution in [3.8, 4) is 0 Å². The molecule has 1 aromatic rings. The lowest BCUT2D eigenvalue weighted by Crippen LogP contribution is -2.25. The predicted molar refractivity (Wildman–Crippen MR) is 83.9 cm³/mol. The quantitative estimate of drug-likeness (QED) is 0.417. The minimum atomic E-state index is -0.306. The lowest BCUT2D eigenvalue weighted by molar-refractivity contribution is -0.137. The normalized spacial score (nSPS) is 11.2. The summed E-state index contributed by atoms with van der Waals surface area (Å²) in [7, 11) is 0. The molecule has 0 aliphatic heterocycles. The summed E-state index contributed by atoms with van der Waals surface area (Å²) in [4.78, 5) is 13.8. The van der Waals surface area contributed by atoms with Gasteiger partial charge >= 0.3 is 5.97 Å². The molecule has 0 unspecified atom stereocenters.